The van der Waals surface area contributed by atoms with Crippen LogP contribution in [0.25, 0.3) is 0 Å². The van der Waals surface area contributed by atoms with E-state index in [0.717, 1.165) is 18.5 Å². The SMILES string of the molecule is CC(C)[C@H](N)C(=O)Nc1cccc2c1CCCC2. The zero-order valence-corrected chi connectivity index (χ0v) is 11.2. The number of nitrogens with one attached hydrogen (secondary N) is 1. The Balaban J connectivity index is 2.17. The van der Waals surface area contributed by atoms with Crippen LogP contribution >= 0.6 is 0 Å². The van der Waals surface area contributed by atoms with Crippen LogP contribution in [0.15, 0.2) is 18.2 Å². The van der Waals surface area contributed by atoms with E-state index in [0.29, 0.717) is 0 Å². The third kappa shape index (κ3) is 2.72. The van der Waals surface area contributed by atoms with Crippen LogP contribution in [0.4, 0.5) is 5.69 Å². The van der Waals surface area contributed by atoms with Gasteiger partial charge in [-0.15, -0.1) is 0 Å². The third-order valence-electron chi connectivity index (χ3n) is 3.67. The van der Waals surface area contributed by atoms with Crippen molar-refractivity contribution in [2.24, 2.45) is 11.7 Å². The predicted molar refractivity (Wildman–Crippen MR) is 74.5 cm³/mol. The summed E-state index contributed by atoms with van der Waals surface area (Å²) < 4.78 is 0. The van der Waals surface area contributed by atoms with Gasteiger partial charge in [0, 0.05) is 5.69 Å². The molecule has 0 unspecified atom stereocenters. The number of nitrogens with two attached hydrogens (primary N) is 1. The highest BCUT2D eigenvalue weighted by molar-refractivity contribution is 5.95. The van der Waals surface area contributed by atoms with Gasteiger partial charge in [0.1, 0.15) is 0 Å². The quantitative estimate of drug-likeness (QED) is 0.861. The minimum atomic E-state index is -0.440. The number of carbonyl (C=O) groups excluding carboxylic acids is 1. The zero-order valence-electron chi connectivity index (χ0n) is 11.2. The van der Waals surface area contributed by atoms with Crippen LogP contribution in [0.3, 0.4) is 0 Å². The molecule has 98 valence electrons. The van der Waals surface area contributed by atoms with E-state index in [2.05, 4.69) is 11.4 Å². The summed E-state index contributed by atoms with van der Waals surface area (Å²) in [7, 11) is 0. The van der Waals surface area contributed by atoms with Crippen molar-refractivity contribution in [3.63, 3.8) is 0 Å². The second-order valence-electron chi connectivity index (χ2n) is 5.41. The number of amides is 1. The fraction of sp³-hybridized carbons (Fsp3) is 0.533. The minimum absolute atomic E-state index is 0.0797. The van der Waals surface area contributed by atoms with Crippen LogP contribution in [0.5, 0.6) is 0 Å². The molecule has 1 aliphatic rings. The molecule has 0 saturated heterocycles. The molecule has 18 heavy (non-hydrogen) atoms. The van der Waals surface area contributed by atoms with Crippen LogP contribution in [0.2, 0.25) is 0 Å². The summed E-state index contributed by atoms with van der Waals surface area (Å²) in [6.07, 6.45) is 4.63. The molecule has 0 aliphatic heterocycles. The van der Waals surface area contributed by atoms with Crippen LogP contribution in [-0.4, -0.2) is 11.9 Å². The summed E-state index contributed by atoms with van der Waals surface area (Å²) in [5.74, 6) is 0.0773. The van der Waals surface area contributed by atoms with E-state index in [9.17, 15) is 4.79 Å². The summed E-state index contributed by atoms with van der Waals surface area (Å²) in [5, 5.41) is 2.99. The number of hydrogen-bond acceptors (Lipinski definition) is 2. The zero-order chi connectivity index (χ0) is 13.1. The van der Waals surface area contributed by atoms with Crippen LogP contribution < -0.4 is 11.1 Å². The van der Waals surface area contributed by atoms with Gasteiger partial charge >= 0.3 is 0 Å². The van der Waals surface area contributed by atoms with E-state index in [1.165, 1.54) is 24.0 Å². The Kier molecular flexibility index (Phi) is 4.02. The molecule has 1 amide bonds. The monoisotopic (exact) mass is 246 g/mol. The summed E-state index contributed by atoms with van der Waals surface area (Å²) in [6, 6.07) is 5.71. The van der Waals surface area contributed by atoms with E-state index in [1.54, 1.807) is 0 Å². The number of fused-ring (bicyclic) bond motifs is 1. The molecular formula is C15H22N2O. The van der Waals surface area contributed by atoms with Gasteiger partial charge in [0.25, 0.3) is 0 Å². The smallest absolute Gasteiger partial charge is 0.241 e. The molecule has 0 saturated carbocycles. The highest BCUT2D eigenvalue weighted by Gasteiger charge is 2.19. The Hall–Kier alpha value is -1.35. The molecule has 1 atom stereocenters. The summed E-state index contributed by atoms with van der Waals surface area (Å²) in [6.45, 7) is 3.93. The molecule has 1 aromatic rings. The lowest BCUT2D eigenvalue weighted by Gasteiger charge is -2.21. The van der Waals surface area contributed by atoms with E-state index in [-0.39, 0.29) is 11.8 Å². The first-order valence-electron chi connectivity index (χ1n) is 6.77. The van der Waals surface area contributed by atoms with Crippen LogP contribution in [0.1, 0.15) is 37.8 Å². The Morgan fingerprint density at radius 2 is 2.00 bits per heavy atom. The van der Waals surface area contributed by atoms with Gasteiger partial charge in [-0.1, -0.05) is 26.0 Å². The molecule has 0 spiro atoms. The summed E-state index contributed by atoms with van der Waals surface area (Å²) in [5.41, 5.74) is 9.50. The Labute approximate surface area is 109 Å². The molecular weight excluding hydrogens is 224 g/mol. The lowest BCUT2D eigenvalue weighted by Crippen LogP contribution is -2.40. The lowest BCUT2D eigenvalue weighted by atomic mass is 9.90. The van der Waals surface area contributed by atoms with Crippen molar-refractivity contribution in [3.8, 4) is 0 Å². The van der Waals surface area contributed by atoms with Crippen LogP contribution in [-0.2, 0) is 17.6 Å². The van der Waals surface area contributed by atoms with Crippen molar-refractivity contribution in [1.29, 1.82) is 0 Å². The molecule has 0 bridgehead atoms. The fourth-order valence-electron chi connectivity index (χ4n) is 2.42. The van der Waals surface area contributed by atoms with Crippen molar-refractivity contribution in [2.75, 3.05) is 5.32 Å². The van der Waals surface area contributed by atoms with Crippen molar-refractivity contribution in [3.05, 3.63) is 29.3 Å². The molecule has 1 aliphatic carbocycles. The number of anilines is 1. The third-order valence-corrected chi connectivity index (χ3v) is 3.67. The average molecular weight is 246 g/mol. The number of rotatable bonds is 3. The Bertz CT molecular complexity index is 440. The molecule has 0 heterocycles. The molecule has 3 N–H and O–H groups in total. The molecule has 0 fully saturated rings. The summed E-state index contributed by atoms with van der Waals surface area (Å²) >= 11 is 0. The highest BCUT2D eigenvalue weighted by Crippen LogP contribution is 2.27. The van der Waals surface area contributed by atoms with E-state index in [4.69, 9.17) is 5.73 Å². The first-order chi connectivity index (χ1) is 8.59. The Morgan fingerprint density at radius 1 is 1.28 bits per heavy atom. The van der Waals surface area contributed by atoms with Crippen molar-refractivity contribution < 1.29 is 4.79 Å². The molecule has 3 nitrogen and oxygen atoms in total. The highest BCUT2D eigenvalue weighted by atomic mass is 16.2. The second kappa shape index (κ2) is 5.53. The maximum atomic E-state index is 12.0. The normalized spacial score (nSPS) is 16.2. The van der Waals surface area contributed by atoms with Crippen molar-refractivity contribution >= 4 is 11.6 Å². The maximum Gasteiger partial charge on any atom is 0.241 e. The molecule has 3 heteroatoms. The van der Waals surface area contributed by atoms with E-state index < -0.39 is 6.04 Å². The van der Waals surface area contributed by atoms with Gasteiger partial charge in [-0.05, 0) is 48.8 Å². The second-order valence-corrected chi connectivity index (χ2v) is 5.41. The topological polar surface area (TPSA) is 55.1 Å². The number of benzene rings is 1. The number of carbonyl (C=O) groups is 1. The van der Waals surface area contributed by atoms with Gasteiger partial charge in [-0.2, -0.15) is 0 Å². The van der Waals surface area contributed by atoms with Crippen molar-refractivity contribution in [2.45, 2.75) is 45.6 Å². The molecule has 2 rings (SSSR count). The van der Waals surface area contributed by atoms with Gasteiger partial charge < -0.3 is 11.1 Å². The number of hydrogen-bond donors (Lipinski definition) is 2. The van der Waals surface area contributed by atoms with Gasteiger partial charge in [-0.3, -0.25) is 4.79 Å². The number of aryl methyl sites for hydroxylation is 1. The standard InChI is InChI=1S/C15H22N2O/c1-10(2)14(16)15(18)17-13-9-5-7-11-6-3-4-8-12(11)13/h5,7,9-10,14H,3-4,6,8,16H2,1-2H3,(H,17,18)/t14-/m0/s1. The fourth-order valence-corrected chi connectivity index (χ4v) is 2.42. The first-order valence-corrected chi connectivity index (χ1v) is 6.77. The van der Waals surface area contributed by atoms with Crippen molar-refractivity contribution in [1.82, 2.24) is 0 Å². The Morgan fingerprint density at radius 3 is 2.72 bits per heavy atom. The largest absolute Gasteiger partial charge is 0.324 e. The molecule has 1 aromatic carbocycles. The maximum absolute atomic E-state index is 12.0. The lowest BCUT2D eigenvalue weighted by molar-refractivity contribution is -0.118. The minimum Gasteiger partial charge on any atom is -0.324 e. The van der Waals surface area contributed by atoms with Gasteiger partial charge in [0.05, 0.1) is 6.04 Å². The van der Waals surface area contributed by atoms with Crippen LogP contribution in [0, 0.1) is 5.92 Å². The van der Waals surface area contributed by atoms with E-state index >= 15 is 0 Å². The summed E-state index contributed by atoms with van der Waals surface area (Å²) in [4.78, 5) is 12.0. The average Bonchev–Trinajstić information content (AvgIpc) is 2.38. The predicted octanol–water partition coefficient (Wildman–Crippen LogP) is 2.49. The van der Waals surface area contributed by atoms with Gasteiger partial charge in [0.2, 0.25) is 5.91 Å². The first kappa shape index (κ1) is 13.1. The molecule has 0 radical (unpaired) electrons. The van der Waals surface area contributed by atoms with Gasteiger partial charge in [0.15, 0.2) is 0 Å². The van der Waals surface area contributed by atoms with E-state index in [1.807, 2.05) is 26.0 Å². The molecule has 0 aromatic heterocycles. The van der Waals surface area contributed by atoms with Gasteiger partial charge in [-0.25, -0.2) is 0 Å².